The predicted octanol–water partition coefficient (Wildman–Crippen LogP) is 1.60. The van der Waals surface area contributed by atoms with Gasteiger partial charge in [0.05, 0.1) is 6.61 Å². The highest BCUT2D eigenvalue weighted by Crippen LogP contribution is 2.10. The molecule has 1 rings (SSSR count). The molecule has 0 radical (unpaired) electrons. The maximum absolute atomic E-state index is 12.5. The second-order valence-corrected chi connectivity index (χ2v) is 4.98. The van der Waals surface area contributed by atoms with Gasteiger partial charge in [0.25, 0.3) is 5.91 Å². The molecule has 6 heteroatoms. The first-order chi connectivity index (χ1) is 9.51. The molecule has 0 saturated carbocycles. The van der Waals surface area contributed by atoms with Crippen LogP contribution in [0, 0.1) is 0 Å². The van der Waals surface area contributed by atoms with E-state index >= 15 is 0 Å². The lowest BCUT2D eigenvalue weighted by Gasteiger charge is -2.28. The number of hydrogen-bond donors (Lipinski definition) is 1. The van der Waals surface area contributed by atoms with Gasteiger partial charge in [0.1, 0.15) is 10.7 Å². The van der Waals surface area contributed by atoms with Gasteiger partial charge in [-0.25, -0.2) is 0 Å². The summed E-state index contributed by atoms with van der Waals surface area (Å²) in [7, 11) is 1.62. The molecule has 0 spiro atoms. The molecule has 20 heavy (non-hydrogen) atoms. The molecule has 0 aromatic carbocycles. The summed E-state index contributed by atoms with van der Waals surface area (Å²) in [5.41, 5.74) is 6.56. The van der Waals surface area contributed by atoms with Crippen LogP contribution in [0.1, 0.15) is 36.3 Å². The van der Waals surface area contributed by atoms with Crippen LogP contribution in [-0.2, 0) is 4.74 Å². The van der Waals surface area contributed by atoms with E-state index in [-0.39, 0.29) is 16.9 Å². The Bertz CT molecular complexity index is 462. The summed E-state index contributed by atoms with van der Waals surface area (Å²) in [4.78, 5) is 18.7. The lowest BCUT2D eigenvalue weighted by Crippen LogP contribution is -2.40. The smallest absolute Gasteiger partial charge is 0.272 e. The third kappa shape index (κ3) is 4.25. The molecule has 0 aliphatic rings. The van der Waals surface area contributed by atoms with E-state index in [9.17, 15) is 4.79 Å². The number of amides is 1. The molecule has 0 aliphatic heterocycles. The summed E-state index contributed by atoms with van der Waals surface area (Å²) < 4.78 is 5.06. The number of rotatable bonds is 7. The van der Waals surface area contributed by atoms with E-state index < -0.39 is 0 Å². The van der Waals surface area contributed by atoms with Gasteiger partial charge in [-0.1, -0.05) is 19.1 Å². The monoisotopic (exact) mass is 295 g/mol. The van der Waals surface area contributed by atoms with Crippen molar-refractivity contribution >= 4 is 23.1 Å². The number of nitrogens with two attached hydrogens (primary N) is 1. The van der Waals surface area contributed by atoms with Crippen LogP contribution in [0.25, 0.3) is 0 Å². The molecule has 110 valence electrons. The summed E-state index contributed by atoms with van der Waals surface area (Å²) >= 11 is 4.87. The zero-order chi connectivity index (χ0) is 15.1. The van der Waals surface area contributed by atoms with E-state index in [1.807, 2.05) is 13.8 Å². The molecule has 0 fully saturated rings. The number of aromatic nitrogens is 1. The van der Waals surface area contributed by atoms with E-state index in [4.69, 9.17) is 22.7 Å². The largest absolute Gasteiger partial charge is 0.389 e. The maximum atomic E-state index is 12.5. The molecule has 1 heterocycles. The van der Waals surface area contributed by atoms with Crippen LogP contribution >= 0.6 is 12.2 Å². The van der Waals surface area contributed by atoms with Crippen LogP contribution in [-0.4, -0.2) is 47.1 Å². The number of methoxy groups -OCH3 is 1. The zero-order valence-corrected chi connectivity index (χ0v) is 12.9. The molecule has 0 saturated heterocycles. The van der Waals surface area contributed by atoms with Crippen molar-refractivity contribution < 1.29 is 9.53 Å². The molecule has 5 nitrogen and oxygen atoms in total. The van der Waals surface area contributed by atoms with E-state index in [2.05, 4.69) is 4.98 Å². The number of nitrogens with zero attached hydrogens (tertiary/aromatic N) is 2. The molecule has 1 aromatic heterocycles. The molecule has 0 bridgehead atoms. The minimum absolute atomic E-state index is 0.106. The predicted molar refractivity (Wildman–Crippen MR) is 82.8 cm³/mol. The Morgan fingerprint density at radius 2 is 2.25 bits per heavy atom. The van der Waals surface area contributed by atoms with Crippen molar-refractivity contribution in [1.82, 2.24) is 9.88 Å². The van der Waals surface area contributed by atoms with Gasteiger partial charge in [0.15, 0.2) is 0 Å². The van der Waals surface area contributed by atoms with E-state index in [1.54, 1.807) is 24.1 Å². The number of hydrogen-bond acceptors (Lipinski definition) is 4. The Morgan fingerprint density at radius 3 is 2.70 bits per heavy atom. The molecule has 1 aromatic rings. The fourth-order valence-corrected chi connectivity index (χ4v) is 1.87. The third-order valence-corrected chi connectivity index (χ3v) is 3.42. The van der Waals surface area contributed by atoms with Gasteiger partial charge in [-0.3, -0.25) is 9.78 Å². The number of ether oxygens (including phenoxy) is 1. The maximum Gasteiger partial charge on any atom is 0.272 e. The fourth-order valence-electron chi connectivity index (χ4n) is 1.75. The first kappa shape index (κ1) is 16.5. The lowest BCUT2D eigenvalue weighted by atomic mass is 10.2. The average Bonchev–Trinajstić information content (AvgIpc) is 2.47. The number of pyridine rings is 1. The van der Waals surface area contributed by atoms with Gasteiger partial charge in [-0.15, -0.1) is 0 Å². The minimum Gasteiger partial charge on any atom is -0.389 e. The second kappa shape index (κ2) is 7.91. The summed E-state index contributed by atoms with van der Waals surface area (Å²) in [6, 6.07) is 3.50. The van der Waals surface area contributed by atoms with Crippen molar-refractivity contribution in [2.45, 2.75) is 26.3 Å². The quantitative estimate of drug-likeness (QED) is 0.774. The van der Waals surface area contributed by atoms with Crippen molar-refractivity contribution in [1.29, 1.82) is 0 Å². The molecule has 2 N–H and O–H groups in total. The Balaban J connectivity index is 2.90. The van der Waals surface area contributed by atoms with Gasteiger partial charge >= 0.3 is 0 Å². The second-order valence-electron chi connectivity index (χ2n) is 4.54. The van der Waals surface area contributed by atoms with Crippen LogP contribution in [0.5, 0.6) is 0 Å². The standard InChI is InChI=1S/C14H21N3O2S/c1-4-10(2)17(7-8-19-3)14(18)12-6-5-11(9-16-12)13(15)20/h5-6,9-10H,4,7-8H2,1-3H3,(H2,15,20). The number of carbonyl (C=O) groups is 1. The molecule has 1 amide bonds. The van der Waals surface area contributed by atoms with Gasteiger partial charge in [-0.05, 0) is 25.5 Å². The highest BCUT2D eigenvalue weighted by Gasteiger charge is 2.21. The molecular weight excluding hydrogens is 274 g/mol. The van der Waals surface area contributed by atoms with Gasteiger partial charge in [0.2, 0.25) is 0 Å². The van der Waals surface area contributed by atoms with Crippen molar-refractivity contribution in [3.63, 3.8) is 0 Å². The zero-order valence-electron chi connectivity index (χ0n) is 12.1. The Hall–Kier alpha value is -1.53. The lowest BCUT2D eigenvalue weighted by molar-refractivity contribution is 0.0608. The minimum atomic E-state index is -0.106. The topological polar surface area (TPSA) is 68.5 Å². The van der Waals surface area contributed by atoms with Crippen LogP contribution in [0.2, 0.25) is 0 Å². The summed E-state index contributed by atoms with van der Waals surface area (Å²) in [5, 5.41) is 0. The van der Waals surface area contributed by atoms with Crippen molar-refractivity contribution in [2.75, 3.05) is 20.3 Å². The van der Waals surface area contributed by atoms with Crippen LogP contribution in [0.3, 0.4) is 0 Å². The van der Waals surface area contributed by atoms with E-state index in [0.29, 0.717) is 24.4 Å². The first-order valence-electron chi connectivity index (χ1n) is 6.57. The van der Waals surface area contributed by atoms with Crippen molar-refractivity contribution in [3.05, 3.63) is 29.6 Å². The Kier molecular flexibility index (Phi) is 6.54. The SMILES string of the molecule is CCC(C)N(CCOC)C(=O)c1ccc(C(N)=S)cn1. The third-order valence-electron chi connectivity index (χ3n) is 3.19. The van der Waals surface area contributed by atoms with Gasteiger partial charge in [0, 0.05) is 31.5 Å². The van der Waals surface area contributed by atoms with Crippen molar-refractivity contribution in [2.24, 2.45) is 5.73 Å². The number of carbonyl (C=O) groups excluding carboxylic acids is 1. The normalized spacial score (nSPS) is 11.9. The number of thiocarbonyl (C=S) groups is 1. The van der Waals surface area contributed by atoms with Crippen LogP contribution in [0.15, 0.2) is 18.3 Å². The van der Waals surface area contributed by atoms with Crippen molar-refractivity contribution in [3.8, 4) is 0 Å². The Morgan fingerprint density at radius 1 is 1.55 bits per heavy atom. The van der Waals surface area contributed by atoms with Crippen LogP contribution < -0.4 is 5.73 Å². The van der Waals surface area contributed by atoms with Crippen LogP contribution in [0.4, 0.5) is 0 Å². The van der Waals surface area contributed by atoms with E-state index in [1.165, 1.54) is 6.20 Å². The first-order valence-corrected chi connectivity index (χ1v) is 6.97. The summed E-state index contributed by atoms with van der Waals surface area (Å²) in [5.74, 6) is -0.106. The fraction of sp³-hybridized carbons (Fsp3) is 0.500. The molecule has 1 atom stereocenters. The average molecular weight is 295 g/mol. The highest BCUT2D eigenvalue weighted by molar-refractivity contribution is 7.80. The molecule has 1 unspecified atom stereocenters. The van der Waals surface area contributed by atoms with Gasteiger partial charge < -0.3 is 15.4 Å². The Labute approximate surface area is 125 Å². The molecular formula is C14H21N3O2S. The summed E-state index contributed by atoms with van der Waals surface area (Å²) in [6.07, 6.45) is 2.40. The highest BCUT2D eigenvalue weighted by atomic mass is 32.1. The molecule has 0 aliphatic carbocycles. The summed E-state index contributed by atoms with van der Waals surface area (Å²) in [6.45, 7) is 5.10. The van der Waals surface area contributed by atoms with E-state index in [0.717, 1.165) is 6.42 Å². The van der Waals surface area contributed by atoms with Gasteiger partial charge in [-0.2, -0.15) is 0 Å².